The van der Waals surface area contributed by atoms with E-state index in [1.165, 1.54) is 29.1 Å². The van der Waals surface area contributed by atoms with Gasteiger partial charge in [0.25, 0.3) is 6.43 Å². The molecule has 4 rings (SSSR count). The number of aryl methyl sites for hydroxylation is 1. The zero-order valence-corrected chi connectivity index (χ0v) is 14.9. The highest BCUT2D eigenvalue weighted by molar-refractivity contribution is 5.52. The van der Waals surface area contributed by atoms with Crippen molar-refractivity contribution in [3.05, 3.63) is 59.9 Å². The molecule has 4 heterocycles. The van der Waals surface area contributed by atoms with Crippen molar-refractivity contribution < 1.29 is 13.2 Å². The van der Waals surface area contributed by atoms with E-state index in [4.69, 9.17) is 0 Å². The van der Waals surface area contributed by atoms with E-state index < -0.39 is 18.1 Å². The molecular weight excluding hydrogens is 371 g/mol. The third-order valence-corrected chi connectivity index (χ3v) is 4.37. The first-order chi connectivity index (χ1) is 13.6. The molecule has 0 atom stereocenters. The minimum atomic E-state index is -2.75. The molecule has 4 aromatic heterocycles. The van der Waals surface area contributed by atoms with Gasteiger partial charge in [-0.25, -0.2) is 28.1 Å². The molecular formula is C18H16F3N7. The minimum absolute atomic E-state index is 0.132. The van der Waals surface area contributed by atoms with Crippen LogP contribution in [0.3, 0.4) is 0 Å². The molecule has 0 N–H and O–H groups in total. The Labute approximate surface area is 157 Å². The summed E-state index contributed by atoms with van der Waals surface area (Å²) in [4.78, 5) is 12.6. The van der Waals surface area contributed by atoms with Crippen molar-refractivity contribution in [3.8, 4) is 11.5 Å². The number of rotatable bonds is 6. The monoisotopic (exact) mass is 387 g/mol. The summed E-state index contributed by atoms with van der Waals surface area (Å²) in [5.74, 6) is -0.562. The smallest absolute Gasteiger partial charge is 0.297 e. The highest BCUT2D eigenvalue weighted by Crippen LogP contribution is 2.24. The Morgan fingerprint density at radius 2 is 1.96 bits per heavy atom. The minimum Gasteiger partial charge on any atom is -0.324 e. The summed E-state index contributed by atoms with van der Waals surface area (Å²) < 4.78 is 43.3. The maximum absolute atomic E-state index is 14.1. The van der Waals surface area contributed by atoms with Gasteiger partial charge in [-0.05, 0) is 18.6 Å². The number of hydrogen-bond donors (Lipinski definition) is 0. The summed E-state index contributed by atoms with van der Waals surface area (Å²) in [7, 11) is 0. The van der Waals surface area contributed by atoms with Gasteiger partial charge in [-0.3, -0.25) is 4.40 Å². The van der Waals surface area contributed by atoms with Crippen LogP contribution in [0.4, 0.5) is 13.2 Å². The maximum atomic E-state index is 14.1. The van der Waals surface area contributed by atoms with Crippen LogP contribution < -0.4 is 0 Å². The van der Waals surface area contributed by atoms with Crippen molar-refractivity contribution in [2.75, 3.05) is 0 Å². The standard InChI is InChI=1S/C18H16F3N7/c1-2-4-11-13(24-10-28-16(11)25-26-18(28)15(20)21)9-27-8-7-23-17(27)14-12(19)5-3-6-22-14/h3,5-8,10,15H,2,4,9H2,1H3. The zero-order valence-electron chi connectivity index (χ0n) is 14.9. The summed E-state index contributed by atoms with van der Waals surface area (Å²) in [6.45, 7) is 2.25. The Morgan fingerprint density at radius 3 is 2.71 bits per heavy atom. The molecule has 0 aliphatic carbocycles. The maximum Gasteiger partial charge on any atom is 0.297 e. The van der Waals surface area contributed by atoms with E-state index in [1.807, 2.05) is 6.92 Å². The highest BCUT2D eigenvalue weighted by atomic mass is 19.3. The van der Waals surface area contributed by atoms with Crippen molar-refractivity contribution >= 4 is 5.65 Å². The molecule has 7 nitrogen and oxygen atoms in total. The van der Waals surface area contributed by atoms with E-state index in [1.54, 1.807) is 17.0 Å². The molecule has 10 heteroatoms. The number of pyridine rings is 1. The quantitative estimate of drug-likeness (QED) is 0.507. The summed E-state index contributed by atoms with van der Waals surface area (Å²) >= 11 is 0. The molecule has 0 spiro atoms. The molecule has 0 aliphatic heterocycles. The number of imidazole rings is 1. The molecule has 0 saturated carbocycles. The molecule has 144 valence electrons. The number of hydrogen-bond acceptors (Lipinski definition) is 5. The Balaban J connectivity index is 1.78. The van der Waals surface area contributed by atoms with Gasteiger partial charge < -0.3 is 4.57 Å². The fraction of sp³-hybridized carbons (Fsp3) is 0.278. The third kappa shape index (κ3) is 3.10. The Morgan fingerprint density at radius 1 is 1.11 bits per heavy atom. The molecule has 0 fully saturated rings. The summed E-state index contributed by atoms with van der Waals surface area (Å²) in [6, 6.07) is 2.82. The fourth-order valence-corrected chi connectivity index (χ4v) is 3.11. The van der Waals surface area contributed by atoms with Gasteiger partial charge in [0.05, 0.1) is 12.2 Å². The predicted octanol–water partition coefficient (Wildman–Crippen LogP) is 3.46. The van der Waals surface area contributed by atoms with Crippen LogP contribution >= 0.6 is 0 Å². The number of halogens is 3. The van der Waals surface area contributed by atoms with Gasteiger partial charge >= 0.3 is 0 Å². The van der Waals surface area contributed by atoms with Crippen LogP contribution in [-0.4, -0.2) is 34.1 Å². The second-order valence-corrected chi connectivity index (χ2v) is 6.18. The average Bonchev–Trinajstić information content (AvgIpc) is 3.31. The van der Waals surface area contributed by atoms with Gasteiger partial charge in [0.2, 0.25) is 5.82 Å². The van der Waals surface area contributed by atoms with Crippen LogP contribution in [-0.2, 0) is 13.0 Å². The molecule has 0 saturated heterocycles. The first-order valence-corrected chi connectivity index (χ1v) is 8.71. The summed E-state index contributed by atoms with van der Waals surface area (Å²) in [6.07, 6.45) is 4.65. The van der Waals surface area contributed by atoms with E-state index in [-0.39, 0.29) is 12.2 Å². The zero-order chi connectivity index (χ0) is 19.7. The van der Waals surface area contributed by atoms with Crippen molar-refractivity contribution in [3.63, 3.8) is 0 Å². The molecule has 0 aliphatic rings. The number of fused-ring (bicyclic) bond motifs is 1. The molecule has 0 radical (unpaired) electrons. The number of aromatic nitrogens is 7. The third-order valence-electron chi connectivity index (χ3n) is 4.37. The molecule has 0 bridgehead atoms. The largest absolute Gasteiger partial charge is 0.324 e. The van der Waals surface area contributed by atoms with Crippen LogP contribution in [0.2, 0.25) is 0 Å². The highest BCUT2D eigenvalue weighted by Gasteiger charge is 2.21. The topological polar surface area (TPSA) is 73.8 Å². The van der Waals surface area contributed by atoms with Crippen LogP contribution in [0.1, 0.15) is 36.9 Å². The average molecular weight is 387 g/mol. The Hall–Kier alpha value is -3.30. The van der Waals surface area contributed by atoms with Gasteiger partial charge in [0, 0.05) is 24.2 Å². The van der Waals surface area contributed by atoms with E-state index in [2.05, 4.69) is 25.1 Å². The molecule has 28 heavy (non-hydrogen) atoms. The Bertz CT molecular complexity index is 1120. The summed E-state index contributed by atoms with van der Waals surface area (Å²) in [5, 5.41) is 7.54. The SMILES string of the molecule is CCCc1c(Cn2ccnc2-c2ncccc2F)ncn2c(C(F)F)nnc12. The van der Waals surface area contributed by atoms with E-state index >= 15 is 0 Å². The second kappa shape index (κ2) is 7.37. The first kappa shape index (κ1) is 18.1. The normalized spacial score (nSPS) is 11.6. The summed E-state index contributed by atoms with van der Waals surface area (Å²) in [5.41, 5.74) is 1.85. The predicted molar refractivity (Wildman–Crippen MR) is 94.3 cm³/mol. The lowest BCUT2D eigenvalue weighted by atomic mass is 10.1. The molecule has 0 aromatic carbocycles. The number of nitrogens with zero attached hydrogens (tertiary/aromatic N) is 7. The lowest BCUT2D eigenvalue weighted by molar-refractivity contribution is 0.139. The van der Waals surface area contributed by atoms with Gasteiger partial charge in [0.1, 0.15) is 12.0 Å². The van der Waals surface area contributed by atoms with Crippen LogP contribution in [0.25, 0.3) is 17.2 Å². The van der Waals surface area contributed by atoms with Crippen molar-refractivity contribution in [1.82, 2.24) is 34.1 Å². The van der Waals surface area contributed by atoms with E-state index in [0.29, 0.717) is 23.6 Å². The van der Waals surface area contributed by atoms with Crippen LogP contribution in [0.5, 0.6) is 0 Å². The van der Waals surface area contributed by atoms with Gasteiger partial charge in [-0.2, -0.15) is 0 Å². The number of alkyl halides is 2. The lowest BCUT2D eigenvalue weighted by Crippen LogP contribution is -2.10. The van der Waals surface area contributed by atoms with Crippen molar-refractivity contribution in [2.24, 2.45) is 0 Å². The van der Waals surface area contributed by atoms with Crippen LogP contribution in [0, 0.1) is 5.82 Å². The van der Waals surface area contributed by atoms with Crippen molar-refractivity contribution in [2.45, 2.75) is 32.7 Å². The first-order valence-electron chi connectivity index (χ1n) is 8.71. The van der Waals surface area contributed by atoms with Crippen LogP contribution in [0.15, 0.2) is 37.1 Å². The van der Waals surface area contributed by atoms with E-state index in [0.717, 1.165) is 12.0 Å². The Kier molecular flexibility index (Phi) is 4.76. The second-order valence-electron chi connectivity index (χ2n) is 6.18. The van der Waals surface area contributed by atoms with Gasteiger partial charge in [-0.1, -0.05) is 13.3 Å². The van der Waals surface area contributed by atoms with Gasteiger partial charge in [0.15, 0.2) is 17.3 Å². The lowest BCUT2D eigenvalue weighted by Gasteiger charge is -2.12. The molecule has 4 aromatic rings. The van der Waals surface area contributed by atoms with Gasteiger partial charge in [-0.15, -0.1) is 10.2 Å². The van der Waals surface area contributed by atoms with E-state index in [9.17, 15) is 13.2 Å². The van der Waals surface area contributed by atoms with Crippen molar-refractivity contribution in [1.29, 1.82) is 0 Å². The fourth-order valence-electron chi connectivity index (χ4n) is 3.11. The molecule has 0 unspecified atom stereocenters. The molecule has 0 amide bonds.